The minimum atomic E-state index is -6.40. The molecule has 13 aromatic carbocycles. The number of rotatable bonds is 11. The molecule has 98 heavy (non-hydrogen) atoms. The average Bonchev–Trinajstić information content (AvgIpc) is 0.909. The molecule has 0 N–H and O–H groups in total. The predicted molar refractivity (Wildman–Crippen MR) is 409 cm³/mol. The fourth-order valence-electron chi connectivity index (χ4n) is 13.7. The van der Waals surface area contributed by atoms with E-state index in [9.17, 15) is 24.7 Å². The monoisotopic (exact) mass is 1300 g/mol. The molecule has 0 amide bonds. The van der Waals surface area contributed by atoms with Gasteiger partial charge < -0.3 is 4.74 Å². The van der Waals surface area contributed by atoms with Crippen LogP contribution < -0.4 is 30.1 Å². The maximum atomic E-state index is 11.2. The van der Waals surface area contributed by atoms with E-state index in [1.807, 2.05) is 95.6 Å². The van der Waals surface area contributed by atoms with E-state index in [0.29, 0.717) is 67.6 Å². The zero-order valence-electron chi connectivity index (χ0n) is 78.0. The van der Waals surface area contributed by atoms with Crippen LogP contribution >= 0.6 is 0 Å². The molecule has 1 aliphatic heterocycles. The number of benzene rings is 13. The van der Waals surface area contributed by atoms with Crippen molar-refractivity contribution < 1.29 is 42.2 Å². The predicted octanol–water partition coefficient (Wildman–Crippen LogP) is 20.3. The normalized spacial score (nSPS) is 15.6. The standard InChI is InChI=1S/C92H72N4OSi/c1-91(2,3)66-49-47-63(48-50-66)76-43-26-45-82-81-44-25-42-75(62-27-11-7-12-28-62)88(81)80-41-20-19-39-77(80)83-56-65(64-29-23-38-74(55-64)98(71-32-13-8-14-33-71,72-34-15-9-16-35-72)73-36-17-10-18-37-73)57-86-90(83)95(89(76)82)61-94(86)68-30-24-31-69(59-68)97-70-51-52-79-78-40-21-22-46-84(78)96(85(79)60-70)87-58-67(53-54-93-87)92(4,5)6/h7-60H,1-6H3/i7D,8D,9D,10D,11D,12D,13D,14D,15D,16D,17D,18D,23D,27D,28D,29D,32D,33D,34D,35D,36D,37D,38D,55D. The van der Waals surface area contributed by atoms with E-state index < -0.39 is 179 Å². The van der Waals surface area contributed by atoms with E-state index in [4.69, 9.17) is 17.9 Å². The van der Waals surface area contributed by atoms with Crippen LogP contribution in [0.15, 0.2) is 327 Å². The van der Waals surface area contributed by atoms with Gasteiger partial charge in [-0.25, -0.2) is 4.98 Å². The third-order valence-electron chi connectivity index (χ3n) is 18.4. The van der Waals surface area contributed by atoms with Gasteiger partial charge in [0.1, 0.15) is 17.3 Å². The summed E-state index contributed by atoms with van der Waals surface area (Å²) in [5, 5.41) is -2.09. The zero-order valence-corrected chi connectivity index (χ0v) is 55.0. The molecule has 16 aromatic rings. The second kappa shape index (κ2) is 23.9. The van der Waals surface area contributed by atoms with E-state index >= 15 is 0 Å². The zero-order chi connectivity index (χ0) is 87.2. The molecule has 0 unspecified atom stereocenters. The molecule has 17 rings (SSSR count). The number of ether oxygens (including phenoxy) is 1. The molecule has 0 spiro atoms. The molecule has 4 heterocycles. The van der Waals surface area contributed by atoms with E-state index in [2.05, 4.69) is 64.6 Å². The largest absolute Gasteiger partial charge is 0.458 e. The summed E-state index contributed by atoms with van der Waals surface area (Å²) in [6.07, 6.45) is 5.58. The Kier molecular flexibility index (Phi) is 9.59. The Balaban J connectivity index is 1.04. The van der Waals surface area contributed by atoms with Gasteiger partial charge >= 0.3 is 0 Å². The summed E-state index contributed by atoms with van der Waals surface area (Å²) in [5.41, 5.74) is 7.89. The second-order valence-corrected chi connectivity index (χ2v) is 29.7. The fourth-order valence-corrected chi connectivity index (χ4v) is 17.3. The van der Waals surface area contributed by atoms with Gasteiger partial charge in [-0.2, -0.15) is 0 Å². The van der Waals surface area contributed by atoms with Crippen LogP contribution in [-0.4, -0.2) is 22.2 Å². The molecule has 0 saturated heterocycles. The summed E-state index contributed by atoms with van der Waals surface area (Å²) < 4.78 is 244. The first-order valence-corrected chi connectivity index (χ1v) is 34.0. The molecule has 0 radical (unpaired) electrons. The molecule has 0 fully saturated rings. The molecule has 1 aliphatic rings. The first-order chi connectivity index (χ1) is 57.8. The van der Waals surface area contributed by atoms with Gasteiger partial charge in [0.15, 0.2) is 8.07 Å². The minimum absolute atomic E-state index is 0.138. The van der Waals surface area contributed by atoms with Crippen molar-refractivity contribution in [3.05, 3.63) is 345 Å². The maximum Gasteiger partial charge on any atom is 0.269 e. The van der Waals surface area contributed by atoms with Gasteiger partial charge in [-0.1, -0.05) is 302 Å². The molecule has 5 nitrogen and oxygen atoms in total. The molecule has 0 atom stereocenters. The van der Waals surface area contributed by atoms with Gasteiger partial charge in [-0.3, -0.25) is 13.7 Å². The van der Waals surface area contributed by atoms with E-state index in [-0.39, 0.29) is 38.6 Å². The summed E-state index contributed by atoms with van der Waals surface area (Å²) >= 11 is 0. The summed E-state index contributed by atoms with van der Waals surface area (Å²) in [6.45, 7) is 12.7. The molecule has 0 bridgehead atoms. The number of aromatic nitrogens is 4. The van der Waals surface area contributed by atoms with Crippen LogP contribution in [-0.2, 0) is 10.8 Å². The van der Waals surface area contributed by atoms with Crippen molar-refractivity contribution in [1.82, 2.24) is 14.1 Å². The van der Waals surface area contributed by atoms with Crippen molar-refractivity contribution in [2.24, 2.45) is 0 Å². The van der Waals surface area contributed by atoms with Gasteiger partial charge in [0.25, 0.3) is 6.33 Å². The molecule has 470 valence electrons. The minimum Gasteiger partial charge on any atom is -0.458 e. The van der Waals surface area contributed by atoms with Crippen LogP contribution in [0.1, 0.15) is 85.6 Å². The second-order valence-electron chi connectivity index (χ2n) is 26.2. The Labute approximate surface area is 608 Å². The van der Waals surface area contributed by atoms with E-state index in [1.54, 1.807) is 83.6 Å². The number of nitrogens with zero attached hydrogens (tertiary/aromatic N) is 4. The highest BCUT2D eigenvalue weighted by atomic mass is 28.3. The lowest BCUT2D eigenvalue weighted by Crippen LogP contribution is -2.74. The number of imidazole rings is 1. The molecule has 3 aromatic heterocycles. The Morgan fingerprint density at radius 2 is 0.990 bits per heavy atom. The number of hydrogen-bond donors (Lipinski definition) is 0. The topological polar surface area (TPSA) is 35.9 Å². The molecule has 0 aliphatic carbocycles. The van der Waals surface area contributed by atoms with Gasteiger partial charge in [-0.15, -0.1) is 0 Å². The highest BCUT2D eigenvalue weighted by Crippen LogP contribution is 2.50. The van der Waals surface area contributed by atoms with Crippen molar-refractivity contribution in [3.63, 3.8) is 0 Å². The summed E-state index contributed by atoms with van der Waals surface area (Å²) in [7, 11) is -6.40. The van der Waals surface area contributed by atoms with Crippen molar-refractivity contribution >= 4 is 61.7 Å². The molecule has 0 saturated carbocycles. The Bertz CT molecular complexity index is 6990. The maximum absolute atomic E-state index is 11.2. The number of fused-ring (bicyclic) bond motifs is 10. The van der Waals surface area contributed by atoms with Crippen molar-refractivity contribution in [2.45, 2.75) is 52.4 Å². The summed E-state index contributed by atoms with van der Waals surface area (Å²) in [6, 6.07) is 30.9. The number of hydrogen-bond acceptors (Lipinski definition) is 2. The van der Waals surface area contributed by atoms with Crippen LogP contribution in [0.2, 0.25) is 0 Å². The van der Waals surface area contributed by atoms with Gasteiger partial charge in [0.05, 0.1) is 66.3 Å². The smallest absolute Gasteiger partial charge is 0.269 e. The van der Waals surface area contributed by atoms with E-state index in [1.165, 1.54) is 0 Å². The van der Waals surface area contributed by atoms with Gasteiger partial charge in [0, 0.05) is 23.0 Å². The third kappa shape index (κ3) is 10.2. The average molecular weight is 1300 g/mol. The Morgan fingerprint density at radius 3 is 1.69 bits per heavy atom. The first kappa shape index (κ1) is 39.4. The Morgan fingerprint density at radius 1 is 0.408 bits per heavy atom. The first-order valence-electron chi connectivity index (χ1n) is 44.0. The summed E-state index contributed by atoms with van der Waals surface area (Å²) in [5.74, 6) is 1.45. The quantitative estimate of drug-likeness (QED) is 0.0560. The van der Waals surface area contributed by atoms with Crippen LogP contribution in [0.4, 0.5) is 0 Å². The lowest BCUT2D eigenvalue weighted by molar-refractivity contribution is -0.570. The van der Waals surface area contributed by atoms with Crippen LogP contribution in [0.5, 0.6) is 11.5 Å². The number of pyridine rings is 1. The highest BCUT2D eigenvalue weighted by Gasteiger charge is 2.42. The lowest BCUT2D eigenvalue weighted by Gasteiger charge is -2.34. The fraction of sp³-hybridized carbons (Fsp3) is 0.0870. The van der Waals surface area contributed by atoms with E-state index in [0.717, 1.165) is 38.5 Å². The highest BCUT2D eigenvalue weighted by molar-refractivity contribution is 7.20. The van der Waals surface area contributed by atoms with Crippen LogP contribution in [0.25, 0.3) is 117 Å². The third-order valence-corrected chi connectivity index (χ3v) is 22.4. The number of para-hydroxylation sites is 2. The Hall–Kier alpha value is -11.7. The van der Waals surface area contributed by atoms with Gasteiger partial charge in [-0.05, 0) is 164 Å². The van der Waals surface area contributed by atoms with Crippen LogP contribution in [0, 0.1) is 6.33 Å². The molecule has 6 heteroatoms. The molecular weight excluding hydrogens is 1210 g/mol. The lowest BCUT2D eigenvalue weighted by atomic mass is 9.83. The molecular formula is C92H72N4OSi. The van der Waals surface area contributed by atoms with Crippen molar-refractivity contribution in [3.8, 4) is 95.5 Å². The van der Waals surface area contributed by atoms with Crippen LogP contribution in [0.3, 0.4) is 0 Å². The SMILES string of the molecule is [2H]c1c([2H])c([2H])c(-c2cccc3c2-c2ccccc2-c2cc(-c4c([2H])c([2H])c([2H])c([Si](c5c([2H])c([2H])c([2H])c([2H])c5[2H])(c5c([2H])c([2H])c([2H])c([2H])c5[2H])c5c([2H])c([2H])c([2H])c([2H])c5[2H])c4[2H])cc4c2[n+]([c-]n4-c2cccc(Oc4ccc5c6ccccc6n(-c6cc(C(C)(C)C)ccn6)c5c4)c2)-c2c(-c4ccc(C(C)(C)C)cc4)cccc2-3)c([2H])c1[2H]. The summed E-state index contributed by atoms with van der Waals surface area (Å²) in [4.78, 5) is 4.91. The van der Waals surface area contributed by atoms with Crippen molar-refractivity contribution in [1.29, 1.82) is 0 Å². The van der Waals surface area contributed by atoms with Crippen molar-refractivity contribution in [2.75, 3.05) is 0 Å². The van der Waals surface area contributed by atoms with Gasteiger partial charge in [0.2, 0.25) is 0 Å².